The molecule has 0 fully saturated rings. The van der Waals surface area contributed by atoms with Crippen LogP contribution in [0.15, 0.2) is 48.7 Å². The summed E-state index contributed by atoms with van der Waals surface area (Å²) in [5.41, 5.74) is 0.551. The molecule has 1 N–H and O–H groups in total. The molecule has 3 aromatic rings. The average molecular weight is 365 g/mol. The molecular weight excluding hydrogens is 351 g/mol. The molecule has 24 heavy (non-hydrogen) atoms. The molecule has 0 spiro atoms. The lowest BCUT2D eigenvalue weighted by atomic mass is 10.2. The van der Waals surface area contributed by atoms with Crippen molar-refractivity contribution in [2.24, 2.45) is 0 Å². The molecule has 0 aliphatic rings. The molecule has 124 valence electrons. The van der Waals surface area contributed by atoms with Crippen LogP contribution in [0.3, 0.4) is 0 Å². The van der Waals surface area contributed by atoms with Gasteiger partial charge in [-0.15, -0.1) is 11.3 Å². The maximum absolute atomic E-state index is 13.6. The molecule has 4 nitrogen and oxygen atoms in total. The van der Waals surface area contributed by atoms with E-state index in [0.717, 1.165) is 10.6 Å². The average Bonchev–Trinajstić information content (AvgIpc) is 3.01. The Labute approximate surface area is 147 Å². The Morgan fingerprint density at radius 3 is 2.58 bits per heavy atom. The van der Waals surface area contributed by atoms with Crippen molar-refractivity contribution in [3.05, 3.63) is 63.8 Å². The largest absolute Gasteiger partial charge is 0.497 e. The summed E-state index contributed by atoms with van der Waals surface area (Å²) in [6.45, 7) is 0.479. The summed E-state index contributed by atoms with van der Waals surface area (Å²) in [7, 11) is 1.60. The van der Waals surface area contributed by atoms with E-state index in [1.54, 1.807) is 43.6 Å². The van der Waals surface area contributed by atoms with E-state index >= 15 is 0 Å². The molecule has 1 heterocycles. The van der Waals surface area contributed by atoms with E-state index in [9.17, 15) is 4.39 Å². The first-order chi connectivity index (χ1) is 11.6. The quantitative estimate of drug-likeness (QED) is 0.640. The zero-order valence-corrected chi connectivity index (χ0v) is 14.3. The monoisotopic (exact) mass is 364 g/mol. The first kappa shape index (κ1) is 16.5. The fourth-order valence-corrected chi connectivity index (χ4v) is 2.97. The number of thiazole rings is 1. The van der Waals surface area contributed by atoms with Crippen molar-refractivity contribution >= 4 is 28.6 Å². The van der Waals surface area contributed by atoms with Gasteiger partial charge in [0.05, 0.1) is 19.3 Å². The van der Waals surface area contributed by atoms with E-state index in [2.05, 4.69) is 10.3 Å². The van der Waals surface area contributed by atoms with Gasteiger partial charge in [-0.05, 0) is 36.4 Å². The molecule has 1 aromatic heterocycles. The van der Waals surface area contributed by atoms with Gasteiger partial charge in [-0.2, -0.15) is 0 Å². The highest BCUT2D eigenvalue weighted by Gasteiger charge is 2.08. The lowest BCUT2D eigenvalue weighted by Gasteiger charge is -2.13. The number of hydrogen-bond acceptors (Lipinski definition) is 5. The van der Waals surface area contributed by atoms with Gasteiger partial charge in [0, 0.05) is 17.1 Å². The van der Waals surface area contributed by atoms with Crippen LogP contribution in [-0.2, 0) is 6.54 Å². The predicted octanol–water partition coefficient (Wildman–Crippen LogP) is 5.35. The van der Waals surface area contributed by atoms with Crippen LogP contribution in [-0.4, -0.2) is 12.1 Å². The molecule has 3 rings (SSSR count). The minimum Gasteiger partial charge on any atom is -0.497 e. The van der Waals surface area contributed by atoms with Crippen LogP contribution in [0, 0.1) is 5.82 Å². The van der Waals surface area contributed by atoms with Crippen molar-refractivity contribution in [3.63, 3.8) is 0 Å². The van der Waals surface area contributed by atoms with E-state index in [1.807, 2.05) is 0 Å². The van der Waals surface area contributed by atoms with Crippen molar-refractivity contribution in [1.29, 1.82) is 0 Å². The summed E-state index contributed by atoms with van der Waals surface area (Å²) < 4.78 is 25.0. The molecule has 0 aliphatic heterocycles. The summed E-state index contributed by atoms with van der Waals surface area (Å²) in [5.74, 6) is 1.55. The van der Waals surface area contributed by atoms with E-state index in [0.29, 0.717) is 28.2 Å². The lowest BCUT2D eigenvalue weighted by molar-refractivity contribution is 0.413. The van der Waals surface area contributed by atoms with Gasteiger partial charge < -0.3 is 14.8 Å². The van der Waals surface area contributed by atoms with Crippen molar-refractivity contribution in [1.82, 2.24) is 4.98 Å². The van der Waals surface area contributed by atoms with Gasteiger partial charge >= 0.3 is 0 Å². The van der Waals surface area contributed by atoms with Crippen LogP contribution in [0.25, 0.3) is 0 Å². The number of ether oxygens (including phenoxy) is 2. The molecule has 0 aliphatic carbocycles. The van der Waals surface area contributed by atoms with Gasteiger partial charge in [-0.25, -0.2) is 9.37 Å². The number of benzene rings is 2. The minimum atomic E-state index is -0.345. The zero-order valence-electron chi connectivity index (χ0n) is 12.8. The molecular formula is C17H14ClFN2O2S. The first-order valence-corrected chi connectivity index (χ1v) is 8.29. The third kappa shape index (κ3) is 4.15. The highest BCUT2D eigenvalue weighted by Crippen LogP contribution is 2.32. The van der Waals surface area contributed by atoms with Crippen LogP contribution >= 0.6 is 22.9 Å². The third-order valence-corrected chi connectivity index (χ3v) is 4.32. The SMILES string of the molecule is COc1ccc(Oc2ccc(F)cc2NCc2cnc(Cl)s2)cc1. The Morgan fingerprint density at radius 2 is 1.92 bits per heavy atom. The second-order valence-corrected chi connectivity index (χ2v) is 6.55. The standard InChI is InChI=1S/C17H14ClFN2O2S/c1-22-12-3-5-13(6-4-12)23-16-7-2-11(19)8-15(16)20-9-14-10-21-17(18)24-14/h2-8,10,20H,9H2,1H3. The van der Waals surface area contributed by atoms with E-state index < -0.39 is 0 Å². The van der Waals surface area contributed by atoms with Gasteiger partial charge in [0.1, 0.15) is 17.3 Å². The molecule has 0 atom stereocenters. The molecule has 2 aromatic carbocycles. The molecule has 0 bridgehead atoms. The summed E-state index contributed by atoms with van der Waals surface area (Å²) in [6, 6.07) is 11.5. The Kier molecular flexibility index (Phi) is 5.17. The number of hydrogen-bond donors (Lipinski definition) is 1. The van der Waals surface area contributed by atoms with Crippen LogP contribution < -0.4 is 14.8 Å². The number of aromatic nitrogens is 1. The van der Waals surface area contributed by atoms with Crippen LogP contribution in [0.4, 0.5) is 10.1 Å². The number of methoxy groups -OCH3 is 1. The van der Waals surface area contributed by atoms with Crippen molar-refractivity contribution < 1.29 is 13.9 Å². The fraction of sp³-hybridized carbons (Fsp3) is 0.118. The molecule has 0 amide bonds. The molecule has 0 saturated carbocycles. The van der Waals surface area contributed by atoms with Gasteiger partial charge in [-0.3, -0.25) is 0 Å². The summed E-state index contributed by atoms with van der Waals surface area (Å²) >= 11 is 7.18. The van der Waals surface area contributed by atoms with Gasteiger partial charge in [0.25, 0.3) is 0 Å². The van der Waals surface area contributed by atoms with Crippen molar-refractivity contribution in [2.45, 2.75) is 6.54 Å². The molecule has 7 heteroatoms. The van der Waals surface area contributed by atoms with E-state index in [-0.39, 0.29) is 5.82 Å². The highest BCUT2D eigenvalue weighted by molar-refractivity contribution is 7.15. The fourth-order valence-electron chi connectivity index (χ4n) is 2.05. The second-order valence-electron chi connectivity index (χ2n) is 4.85. The summed E-state index contributed by atoms with van der Waals surface area (Å²) in [5, 5.41) is 3.15. The van der Waals surface area contributed by atoms with Crippen molar-refractivity contribution in [2.75, 3.05) is 12.4 Å². The third-order valence-electron chi connectivity index (χ3n) is 3.21. The van der Waals surface area contributed by atoms with Crippen molar-refractivity contribution in [3.8, 4) is 17.2 Å². The highest BCUT2D eigenvalue weighted by atomic mass is 35.5. The number of halogens is 2. The number of nitrogens with zero attached hydrogens (tertiary/aromatic N) is 1. The topological polar surface area (TPSA) is 43.4 Å². The Bertz CT molecular complexity index is 824. The Morgan fingerprint density at radius 1 is 1.17 bits per heavy atom. The van der Waals surface area contributed by atoms with Gasteiger partial charge in [0.2, 0.25) is 0 Å². The second kappa shape index (κ2) is 7.51. The minimum absolute atomic E-state index is 0.345. The smallest absolute Gasteiger partial charge is 0.183 e. The van der Waals surface area contributed by atoms with Crippen LogP contribution in [0.2, 0.25) is 4.47 Å². The Balaban J connectivity index is 1.76. The van der Waals surface area contributed by atoms with E-state index in [4.69, 9.17) is 21.1 Å². The normalized spacial score (nSPS) is 10.5. The van der Waals surface area contributed by atoms with Gasteiger partial charge in [-0.1, -0.05) is 11.6 Å². The summed E-state index contributed by atoms with van der Waals surface area (Å²) in [4.78, 5) is 4.92. The number of rotatable bonds is 6. The Hall–Kier alpha value is -2.31. The predicted molar refractivity (Wildman–Crippen MR) is 93.9 cm³/mol. The van der Waals surface area contributed by atoms with E-state index in [1.165, 1.54) is 23.5 Å². The van der Waals surface area contributed by atoms with Gasteiger partial charge in [0.15, 0.2) is 10.2 Å². The summed E-state index contributed by atoms with van der Waals surface area (Å²) in [6.07, 6.45) is 1.68. The van der Waals surface area contributed by atoms with Crippen LogP contribution in [0.1, 0.15) is 4.88 Å². The molecule has 0 saturated heterocycles. The molecule has 0 radical (unpaired) electrons. The lowest BCUT2D eigenvalue weighted by Crippen LogP contribution is -2.00. The molecule has 0 unspecified atom stereocenters. The maximum Gasteiger partial charge on any atom is 0.183 e. The van der Waals surface area contributed by atoms with Crippen LogP contribution in [0.5, 0.6) is 17.2 Å². The maximum atomic E-state index is 13.6. The zero-order chi connectivity index (χ0) is 16.9. The number of nitrogens with one attached hydrogen (secondary N) is 1. The number of anilines is 1. The first-order valence-electron chi connectivity index (χ1n) is 7.09.